The Hall–Kier alpha value is -0.910. The summed E-state index contributed by atoms with van der Waals surface area (Å²) in [6.45, 7) is 2.15. The van der Waals surface area contributed by atoms with E-state index >= 15 is 0 Å². The van der Waals surface area contributed by atoms with Crippen LogP contribution in [0.3, 0.4) is 0 Å². The van der Waals surface area contributed by atoms with Crippen LogP contribution in [-0.4, -0.2) is 14.7 Å². The fraction of sp³-hybridized carbons (Fsp3) is 0.273. The van der Waals surface area contributed by atoms with Crippen molar-refractivity contribution in [2.24, 2.45) is 0 Å². The van der Waals surface area contributed by atoms with Gasteiger partial charge in [-0.15, -0.1) is 11.3 Å². The maximum Gasteiger partial charge on any atom is 0.264 e. The molecule has 0 bridgehead atoms. The van der Waals surface area contributed by atoms with Gasteiger partial charge in [0.2, 0.25) is 0 Å². The topological polar surface area (TPSA) is 43.4 Å². The van der Waals surface area contributed by atoms with Gasteiger partial charge in [0, 0.05) is 4.70 Å². The molecule has 0 unspecified atom stereocenters. The second-order valence-corrected chi connectivity index (χ2v) is 6.20. The van der Waals surface area contributed by atoms with Crippen molar-refractivity contribution in [1.82, 2.24) is 0 Å². The molecule has 0 spiro atoms. The molecule has 86 valence electrons. The van der Waals surface area contributed by atoms with E-state index in [0.717, 1.165) is 16.5 Å². The van der Waals surface area contributed by atoms with Crippen molar-refractivity contribution < 1.29 is 12.6 Å². The maximum atomic E-state index is 10.9. The van der Waals surface area contributed by atoms with Gasteiger partial charge in [-0.25, -0.2) is 0 Å². The average Bonchev–Trinajstić information content (AvgIpc) is 2.57. The molecule has 0 atom stereocenters. The van der Waals surface area contributed by atoms with Crippen LogP contribution >= 0.6 is 11.3 Å². The Balaban J connectivity index is 2.38. The van der Waals surface area contributed by atoms with Crippen molar-refractivity contribution in [3.8, 4) is 0 Å². The Morgan fingerprint density at radius 2 is 2.12 bits per heavy atom. The summed E-state index contributed by atoms with van der Waals surface area (Å²) >= 11 is 1.62. The lowest BCUT2D eigenvalue weighted by Crippen LogP contribution is -2.02. The fourth-order valence-corrected chi connectivity index (χ4v) is 2.93. The maximum absolute atomic E-state index is 10.9. The van der Waals surface area contributed by atoms with Crippen LogP contribution in [0.1, 0.15) is 11.1 Å². The Labute approximate surface area is 98.8 Å². The monoisotopic (exact) mass is 256 g/mol. The molecule has 0 aliphatic rings. The van der Waals surface area contributed by atoms with Crippen LogP contribution < -0.4 is 0 Å². The summed E-state index contributed by atoms with van der Waals surface area (Å²) < 4.78 is 27.8. The molecule has 0 aliphatic heterocycles. The third-order valence-corrected chi connectivity index (χ3v) is 4.04. The molecule has 0 aliphatic carbocycles. The smallest absolute Gasteiger partial charge is 0.264 e. The number of hydrogen-bond donors (Lipinski definition) is 0. The molecular formula is C11H12O3S2. The first kappa shape index (κ1) is 11.6. The molecule has 0 N–H and O–H groups in total. The number of benzene rings is 1. The number of aryl methyl sites for hydroxylation is 1. The number of hydrogen-bond acceptors (Lipinski definition) is 4. The highest BCUT2D eigenvalue weighted by Gasteiger charge is 2.08. The first-order valence-corrected chi connectivity index (χ1v) is 7.47. The van der Waals surface area contributed by atoms with Gasteiger partial charge < -0.3 is 0 Å². The van der Waals surface area contributed by atoms with Crippen molar-refractivity contribution in [3.05, 3.63) is 34.7 Å². The summed E-state index contributed by atoms with van der Waals surface area (Å²) in [6.07, 6.45) is 1.06. The highest BCUT2D eigenvalue weighted by Crippen LogP contribution is 2.29. The molecule has 0 fully saturated rings. The molecule has 16 heavy (non-hydrogen) atoms. The van der Waals surface area contributed by atoms with Crippen LogP contribution in [-0.2, 0) is 20.9 Å². The Morgan fingerprint density at radius 1 is 1.38 bits per heavy atom. The molecule has 5 heteroatoms. The molecule has 0 radical (unpaired) electrons. The Kier molecular flexibility index (Phi) is 3.01. The molecule has 0 saturated carbocycles. The lowest BCUT2D eigenvalue weighted by Gasteiger charge is -2.03. The largest absolute Gasteiger partial charge is 0.265 e. The molecule has 1 heterocycles. The van der Waals surface area contributed by atoms with Crippen molar-refractivity contribution in [2.45, 2.75) is 13.5 Å². The van der Waals surface area contributed by atoms with Gasteiger partial charge in [-0.1, -0.05) is 18.2 Å². The molecule has 1 aromatic heterocycles. The van der Waals surface area contributed by atoms with Crippen molar-refractivity contribution in [3.63, 3.8) is 0 Å². The van der Waals surface area contributed by atoms with E-state index in [0.29, 0.717) is 0 Å². The first-order valence-electron chi connectivity index (χ1n) is 4.77. The van der Waals surface area contributed by atoms with E-state index in [4.69, 9.17) is 4.18 Å². The van der Waals surface area contributed by atoms with E-state index in [-0.39, 0.29) is 6.61 Å². The van der Waals surface area contributed by atoms with Crippen molar-refractivity contribution in [1.29, 1.82) is 0 Å². The number of fused-ring (bicyclic) bond motifs is 1. The molecule has 2 aromatic rings. The Morgan fingerprint density at radius 3 is 2.81 bits per heavy atom. The van der Waals surface area contributed by atoms with Crippen molar-refractivity contribution >= 4 is 31.5 Å². The molecule has 1 aromatic carbocycles. The SMILES string of the molecule is Cc1csc2c(COS(C)(=O)=O)cccc12. The van der Waals surface area contributed by atoms with Gasteiger partial charge in [0.05, 0.1) is 12.9 Å². The van der Waals surface area contributed by atoms with Crippen LogP contribution in [0.25, 0.3) is 10.1 Å². The molecule has 0 saturated heterocycles. The third-order valence-electron chi connectivity index (χ3n) is 2.30. The highest BCUT2D eigenvalue weighted by atomic mass is 32.2. The lowest BCUT2D eigenvalue weighted by atomic mass is 10.1. The van der Waals surface area contributed by atoms with Crippen LogP contribution in [0, 0.1) is 6.92 Å². The first-order chi connectivity index (χ1) is 7.47. The van der Waals surface area contributed by atoms with E-state index < -0.39 is 10.1 Å². The third kappa shape index (κ3) is 2.42. The van der Waals surface area contributed by atoms with Crippen LogP contribution in [0.4, 0.5) is 0 Å². The quantitative estimate of drug-likeness (QED) is 0.793. The van der Waals surface area contributed by atoms with E-state index in [1.54, 1.807) is 11.3 Å². The normalized spacial score (nSPS) is 12.1. The van der Waals surface area contributed by atoms with Crippen molar-refractivity contribution in [2.75, 3.05) is 6.26 Å². The zero-order valence-electron chi connectivity index (χ0n) is 9.06. The number of rotatable bonds is 3. The predicted octanol–water partition coefficient (Wildman–Crippen LogP) is 2.69. The highest BCUT2D eigenvalue weighted by molar-refractivity contribution is 7.85. The summed E-state index contributed by atoms with van der Waals surface area (Å²) in [5.74, 6) is 0. The lowest BCUT2D eigenvalue weighted by molar-refractivity contribution is 0.313. The van der Waals surface area contributed by atoms with Gasteiger partial charge >= 0.3 is 0 Å². The minimum Gasteiger partial charge on any atom is -0.265 e. The van der Waals surface area contributed by atoms with E-state index in [1.807, 2.05) is 25.1 Å². The minimum atomic E-state index is -3.38. The molecule has 3 nitrogen and oxygen atoms in total. The van der Waals surface area contributed by atoms with Gasteiger partial charge in [-0.3, -0.25) is 4.18 Å². The summed E-state index contributed by atoms with van der Waals surface area (Å²) in [4.78, 5) is 0. The van der Waals surface area contributed by atoms with Crippen LogP contribution in [0.15, 0.2) is 23.6 Å². The summed E-state index contributed by atoms with van der Waals surface area (Å²) in [7, 11) is -3.38. The van der Waals surface area contributed by atoms with Crippen LogP contribution in [0.5, 0.6) is 0 Å². The zero-order chi connectivity index (χ0) is 11.8. The minimum absolute atomic E-state index is 0.107. The second kappa shape index (κ2) is 4.16. The van der Waals surface area contributed by atoms with Gasteiger partial charge in [-0.2, -0.15) is 8.42 Å². The summed E-state index contributed by atoms with van der Waals surface area (Å²) in [5, 5.41) is 3.23. The standard InChI is InChI=1S/C11H12O3S2/c1-8-7-15-11-9(4-3-5-10(8)11)6-14-16(2,12)13/h3-5,7H,6H2,1-2H3. The van der Waals surface area contributed by atoms with E-state index in [9.17, 15) is 8.42 Å². The van der Waals surface area contributed by atoms with Crippen LogP contribution in [0.2, 0.25) is 0 Å². The fourth-order valence-electron chi connectivity index (χ4n) is 1.53. The predicted molar refractivity (Wildman–Crippen MR) is 66.2 cm³/mol. The van der Waals surface area contributed by atoms with Gasteiger partial charge in [0.25, 0.3) is 10.1 Å². The van der Waals surface area contributed by atoms with Gasteiger partial charge in [0.1, 0.15) is 0 Å². The molecule has 0 amide bonds. The molecular weight excluding hydrogens is 244 g/mol. The summed E-state index contributed by atoms with van der Waals surface area (Å²) in [6, 6.07) is 5.84. The molecule has 2 rings (SSSR count). The second-order valence-electron chi connectivity index (χ2n) is 3.68. The summed E-state index contributed by atoms with van der Waals surface area (Å²) in [5.41, 5.74) is 2.13. The van der Waals surface area contributed by atoms with E-state index in [1.165, 1.54) is 10.9 Å². The van der Waals surface area contributed by atoms with Gasteiger partial charge in [0.15, 0.2) is 0 Å². The average molecular weight is 256 g/mol. The van der Waals surface area contributed by atoms with Gasteiger partial charge in [-0.05, 0) is 28.8 Å². The Bertz CT molecular complexity index is 611. The van der Waals surface area contributed by atoms with E-state index in [2.05, 4.69) is 5.38 Å². The zero-order valence-corrected chi connectivity index (χ0v) is 10.7. The number of thiophene rings is 1.